The van der Waals surface area contributed by atoms with Gasteiger partial charge >= 0.3 is 5.63 Å². The molecule has 0 radical (unpaired) electrons. The zero-order valence-electron chi connectivity index (χ0n) is 23.8. The number of carbonyl (C=O) groups excluding carboxylic acids is 2. The second kappa shape index (κ2) is 13.7. The maximum Gasteiger partial charge on any atom is 0.340 e. The molecule has 0 aliphatic carbocycles. The van der Waals surface area contributed by atoms with Crippen molar-refractivity contribution in [1.82, 2.24) is 5.32 Å². The molecule has 0 bridgehead atoms. The number of hydrogen-bond acceptors (Lipinski definition) is 8. The summed E-state index contributed by atoms with van der Waals surface area (Å²) in [5.74, 6) is 0.442. The van der Waals surface area contributed by atoms with E-state index in [1.54, 1.807) is 78.9 Å². The molecule has 5 rings (SSSR count). The summed E-state index contributed by atoms with van der Waals surface area (Å²) < 4.78 is 16.0. The van der Waals surface area contributed by atoms with Crippen molar-refractivity contribution in [2.75, 3.05) is 19.5 Å². The van der Waals surface area contributed by atoms with Crippen molar-refractivity contribution in [3.63, 3.8) is 0 Å². The lowest BCUT2D eigenvalue weighted by molar-refractivity contribution is -0.113. The van der Waals surface area contributed by atoms with E-state index >= 15 is 0 Å². The SMILES string of the molecule is COc1ccc(/C=C(\NC(=O)c2ccccc2)C(=O)Nc2ccc(SCc3cc4ccc(O)cc4oc3=O)cc2)cc1OC. The molecule has 2 amide bonds. The first-order valence-electron chi connectivity index (χ1n) is 13.4. The van der Waals surface area contributed by atoms with Crippen LogP contribution in [0.25, 0.3) is 17.0 Å². The van der Waals surface area contributed by atoms with Crippen LogP contribution in [0.3, 0.4) is 0 Å². The highest BCUT2D eigenvalue weighted by atomic mass is 32.2. The standard InChI is InChI=1S/C34H28N2O7S/c1-41-29-15-8-21(17-31(29)42-2)16-28(36-32(38)22-6-4-3-5-7-22)33(39)35-25-10-13-27(14-11-25)44-20-24-18-23-9-12-26(37)19-30(23)43-34(24)40/h3-19,37H,20H2,1-2H3,(H,35,39)(H,36,38)/b28-16-. The molecule has 3 N–H and O–H groups in total. The Balaban J connectivity index is 1.31. The third-order valence-electron chi connectivity index (χ3n) is 6.55. The Morgan fingerprint density at radius 2 is 1.64 bits per heavy atom. The number of methoxy groups -OCH3 is 2. The third kappa shape index (κ3) is 7.29. The van der Waals surface area contributed by atoms with Crippen LogP contribution in [-0.2, 0) is 10.5 Å². The molecule has 1 aromatic heterocycles. The number of rotatable bonds is 10. The molecule has 0 unspecified atom stereocenters. The second-order valence-electron chi connectivity index (χ2n) is 9.54. The molecule has 44 heavy (non-hydrogen) atoms. The Bertz CT molecular complexity index is 1900. The van der Waals surface area contributed by atoms with Crippen LogP contribution in [0.1, 0.15) is 21.5 Å². The summed E-state index contributed by atoms with van der Waals surface area (Å²) in [5, 5.41) is 15.9. The van der Waals surface area contributed by atoms with Crippen molar-refractivity contribution >= 4 is 46.3 Å². The quantitative estimate of drug-likeness (QED) is 0.0970. The molecular formula is C34H28N2O7S. The number of thioether (sulfide) groups is 1. The topological polar surface area (TPSA) is 127 Å². The highest BCUT2D eigenvalue weighted by Gasteiger charge is 2.16. The molecule has 0 aliphatic heterocycles. The first kappa shape index (κ1) is 30.0. The van der Waals surface area contributed by atoms with Crippen molar-refractivity contribution in [2.45, 2.75) is 10.6 Å². The largest absolute Gasteiger partial charge is 0.508 e. The molecule has 5 aromatic rings. The van der Waals surface area contributed by atoms with E-state index in [9.17, 15) is 19.5 Å². The number of anilines is 1. The summed E-state index contributed by atoms with van der Waals surface area (Å²) in [5.41, 5.74) is 1.90. The van der Waals surface area contributed by atoms with E-state index in [-0.39, 0.29) is 11.4 Å². The van der Waals surface area contributed by atoms with Crippen molar-refractivity contribution in [3.05, 3.63) is 130 Å². The lowest BCUT2D eigenvalue weighted by Crippen LogP contribution is -2.30. The third-order valence-corrected chi connectivity index (χ3v) is 7.61. The molecular weight excluding hydrogens is 580 g/mol. The number of carbonyl (C=O) groups is 2. The number of fused-ring (bicyclic) bond motifs is 1. The van der Waals surface area contributed by atoms with Gasteiger partial charge in [0, 0.05) is 38.9 Å². The summed E-state index contributed by atoms with van der Waals surface area (Å²) in [6, 6.07) is 27.2. The maximum atomic E-state index is 13.4. The number of phenolic OH excluding ortho intramolecular Hbond substituents is 1. The predicted molar refractivity (Wildman–Crippen MR) is 170 cm³/mol. The first-order valence-corrected chi connectivity index (χ1v) is 14.4. The zero-order chi connectivity index (χ0) is 31.1. The van der Waals surface area contributed by atoms with Crippen molar-refractivity contribution in [2.24, 2.45) is 0 Å². The van der Waals surface area contributed by atoms with Gasteiger partial charge < -0.3 is 29.6 Å². The van der Waals surface area contributed by atoms with Gasteiger partial charge in [-0.05, 0) is 78.4 Å². The van der Waals surface area contributed by atoms with Crippen LogP contribution < -0.4 is 25.7 Å². The van der Waals surface area contributed by atoms with Gasteiger partial charge in [0.2, 0.25) is 0 Å². The number of hydrogen-bond donors (Lipinski definition) is 3. The lowest BCUT2D eigenvalue weighted by Gasteiger charge is -2.13. The van der Waals surface area contributed by atoms with E-state index in [1.165, 1.54) is 38.1 Å². The Hall–Kier alpha value is -5.48. The highest BCUT2D eigenvalue weighted by molar-refractivity contribution is 7.98. The van der Waals surface area contributed by atoms with Crippen LogP contribution in [0.4, 0.5) is 5.69 Å². The summed E-state index contributed by atoms with van der Waals surface area (Å²) >= 11 is 1.43. The molecule has 9 nitrogen and oxygen atoms in total. The number of benzene rings is 4. The van der Waals surface area contributed by atoms with Gasteiger partial charge in [0.15, 0.2) is 11.5 Å². The lowest BCUT2D eigenvalue weighted by atomic mass is 10.1. The Morgan fingerprint density at radius 3 is 2.36 bits per heavy atom. The summed E-state index contributed by atoms with van der Waals surface area (Å²) in [7, 11) is 3.05. The Kier molecular flexibility index (Phi) is 9.31. The summed E-state index contributed by atoms with van der Waals surface area (Å²) in [4.78, 5) is 39.6. The van der Waals surface area contributed by atoms with E-state index in [4.69, 9.17) is 13.9 Å². The minimum Gasteiger partial charge on any atom is -0.508 e. The average molecular weight is 609 g/mol. The fourth-order valence-electron chi connectivity index (χ4n) is 4.29. The zero-order valence-corrected chi connectivity index (χ0v) is 24.6. The molecule has 0 fully saturated rings. The Labute approximate surface area is 257 Å². The fraction of sp³-hybridized carbons (Fsp3) is 0.0882. The minimum absolute atomic E-state index is 0.0251. The van der Waals surface area contributed by atoms with Gasteiger partial charge in [-0.1, -0.05) is 24.3 Å². The van der Waals surface area contributed by atoms with Crippen molar-refractivity contribution in [3.8, 4) is 17.2 Å². The molecule has 0 spiro atoms. The van der Waals surface area contributed by atoms with E-state index in [0.29, 0.717) is 50.6 Å². The van der Waals surface area contributed by atoms with Gasteiger partial charge in [-0.25, -0.2) is 4.79 Å². The molecule has 10 heteroatoms. The van der Waals surface area contributed by atoms with Crippen LogP contribution in [0.15, 0.2) is 117 Å². The Morgan fingerprint density at radius 1 is 0.886 bits per heavy atom. The van der Waals surface area contributed by atoms with Gasteiger partial charge in [-0.2, -0.15) is 0 Å². The molecule has 0 aliphatic rings. The number of amides is 2. The highest BCUT2D eigenvalue weighted by Crippen LogP contribution is 2.29. The summed E-state index contributed by atoms with van der Waals surface area (Å²) in [6.07, 6.45) is 1.55. The smallest absolute Gasteiger partial charge is 0.340 e. The van der Waals surface area contributed by atoms with Crippen LogP contribution in [-0.4, -0.2) is 31.1 Å². The number of ether oxygens (including phenoxy) is 2. The first-order chi connectivity index (χ1) is 21.3. The van der Waals surface area contributed by atoms with Crippen molar-refractivity contribution < 1.29 is 28.6 Å². The molecule has 0 saturated heterocycles. The van der Waals surface area contributed by atoms with E-state index in [2.05, 4.69) is 10.6 Å². The molecule has 0 saturated carbocycles. The van der Waals surface area contributed by atoms with Crippen LogP contribution in [0.5, 0.6) is 17.2 Å². The van der Waals surface area contributed by atoms with Gasteiger partial charge in [0.25, 0.3) is 11.8 Å². The van der Waals surface area contributed by atoms with Crippen LogP contribution >= 0.6 is 11.8 Å². The second-order valence-corrected chi connectivity index (χ2v) is 10.6. The fourth-order valence-corrected chi connectivity index (χ4v) is 5.14. The van der Waals surface area contributed by atoms with E-state index in [1.807, 2.05) is 12.1 Å². The maximum absolute atomic E-state index is 13.4. The number of nitrogens with one attached hydrogen (secondary N) is 2. The van der Waals surface area contributed by atoms with Crippen LogP contribution in [0.2, 0.25) is 0 Å². The van der Waals surface area contributed by atoms with Gasteiger partial charge in [-0.15, -0.1) is 11.8 Å². The number of aromatic hydroxyl groups is 1. The minimum atomic E-state index is -0.524. The molecule has 0 atom stereocenters. The van der Waals surface area contributed by atoms with Gasteiger partial charge in [0.05, 0.1) is 14.2 Å². The van der Waals surface area contributed by atoms with Gasteiger partial charge in [0.1, 0.15) is 17.0 Å². The monoisotopic (exact) mass is 608 g/mol. The average Bonchev–Trinajstić information content (AvgIpc) is 3.04. The molecule has 4 aromatic carbocycles. The van der Waals surface area contributed by atoms with E-state index in [0.717, 1.165) is 4.90 Å². The van der Waals surface area contributed by atoms with E-state index < -0.39 is 17.4 Å². The van der Waals surface area contributed by atoms with Crippen molar-refractivity contribution in [1.29, 1.82) is 0 Å². The number of phenols is 1. The molecule has 222 valence electrons. The normalized spacial score (nSPS) is 11.2. The molecule has 1 heterocycles. The van der Waals surface area contributed by atoms with Crippen LogP contribution in [0, 0.1) is 0 Å². The predicted octanol–water partition coefficient (Wildman–Crippen LogP) is 6.22. The van der Waals surface area contributed by atoms with Gasteiger partial charge in [-0.3, -0.25) is 9.59 Å². The summed E-state index contributed by atoms with van der Waals surface area (Å²) in [6.45, 7) is 0.